The van der Waals surface area contributed by atoms with Crippen molar-refractivity contribution in [2.45, 2.75) is 19.3 Å². The Morgan fingerprint density at radius 1 is 1.23 bits per heavy atom. The molecular weight excluding hydrogens is 414 g/mol. The molecule has 9 nitrogen and oxygen atoms in total. The second kappa shape index (κ2) is 7.54. The van der Waals surface area contributed by atoms with E-state index in [1.165, 1.54) is 10.4 Å². The highest BCUT2D eigenvalue weighted by Crippen LogP contribution is 2.40. The number of amides is 1. The standard InChI is InChI=1S/C21H21N7O2S/c29-21(28-3-5-30-6-4-28)12-1-2-14-16(7-12)31-20-18(14)19(23-11-24-20)26-17-8-13-9-25-27-15(13)10-22-17/h8-12H,1-7H2,(H,25,27)(H,22,23,24,26). The van der Waals surface area contributed by atoms with Gasteiger partial charge in [0.2, 0.25) is 5.91 Å². The molecule has 31 heavy (non-hydrogen) atoms. The summed E-state index contributed by atoms with van der Waals surface area (Å²) < 4.78 is 5.39. The molecule has 1 atom stereocenters. The lowest BCUT2D eigenvalue weighted by Crippen LogP contribution is -2.44. The van der Waals surface area contributed by atoms with Crippen molar-refractivity contribution in [2.75, 3.05) is 31.6 Å². The summed E-state index contributed by atoms with van der Waals surface area (Å²) >= 11 is 1.67. The van der Waals surface area contributed by atoms with Gasteiger partial charge in [0.05, 0.1) is 36.5 Å². The number of hydrogen-bond acceptors (Lipinski definition) is 8. The van der Waals surface area contributed by atoms with E-state index in [9.17, 15) is 4.79 Å². The van der Waals surface area contributed by atoms with E-state index in [4.69, 9.17) is 4.74 Å². The first-order valence-corrected chi connectivity index (χ1v) is 11.3. The zero-order chi connectivity index (χ0) is 20.8. The number of hydrogen-bond donors (Lipinski definition) is 2. The zero-order valence-electron chi connectivity index (χ0n) is 16.8. The van der Waals surface area contributed by atoms with Crippen LogP contribution in [0.3, 0.4) is 0 Å². The fourth-order valence-electron chi connectivity index (χ4n) is 4.49. The van der Waals surface area contributed by atoms with Crippen LogP contribution in [0.1, 0.15) is 16.9 Å². The Morgan fingerprint density at radius 3 is 3.03 bits per heavy atom. The smallest absolute Gasteiger partial charge is 0.226 e. The number of nitrogens with zero attached hydrogens (tertiary/aromatic N) is 5. The average Bonchev–Trinajstić information content (AvgIpc) is 3.43. The maximum Gasteiger partial charge on any atom is 0.226 e. The van der Waals surface area contributed by atoms with Gasteiger partial charge in [-0.3, -0.25) is 9.89 Å². The Balaban J connectivity index is 1.30. The molecule has 1 unspecified atom stereocenters. The summed E-state index contributed by atoms with van der Waals surface area (Å²) in [5.74, 6) is 1.77. The second-order valence-electron chi connectivity index (χ2n) is 7.94. The van der Waals surface area contributed by atoms with Gasteiger partial charge >= 0.3 is 0 Å². The van der Waals surface area contributed by atoms with Crippen LogP contribution in [0.2, 0.25) is 0 Å². The van der Waals surface area contributed by atoms with Crippen LogP contribution in [0.4, 0.5) is 11.6 Å². The third-order valence-electron chi connectivity index (χ3n) is 6.09. The van der Waals surface area contributed by atoms with Crippen LogP contribution in [0, 0.1) is 5.92 Å². The lowest BCUT2D eigenvalue weighted by atomic mass is 9.86. The van der Waals surface area contributed by atoms with Crippen LogP contribution in [0.25, 0.3) is 21.1 Å². The first kappa shape index (κ1) is 18.6. The van der Waals surface area contributed by atoms with Crippen molar-refractivity contribution in [3.05, 3.63) is 35.2 Å². The Bertz CT molecular complexity index is 1280. The van der Waals surface area contributed by atoms with Crippen molar-refractivity contribution >= 4 is 50.0 Å². The van der Waals surface area contributed by atoms with Crippen LogP contribution in [0.5, 0.6) is 0 Å². The number of carbonyl (C=O) groups is 1. The molecule has 4 aromatic heterocycles. The molecule has 6 rings (SSSR count). The molecule has 0 bridgehead atoms. The average molecular weight is 436 g/mol. The van der Waals surface area contributed by atoms with Crippen molar-refractivity contribution in [3.63, 3.8) is 0 Å². The van der Waals surface area contributed by atoms with Crippen LogP contribution in [-0.4, -0.2) is 62.3 Å². The van der Waals surface area contributed by atoms with Crippen molar-refractivity contribution < 1.29 is 9.53 Å². The molecule has 2 N–H and O–H groups in total. The van der Waals surface area contributed by atoms with E-state index in [1.807, 2.05) is 11.0 Å². The Labute approximate surface area is 181 Å². The molecule has 1 aliphatic heterocycles. The number of anilines is 2. The number of thiophene rings is 1. The van der Waals surface area contributed by atoms with Crippen molar-refractivity contribution in [1.82, 2.24) is 30.0 Å². The number of H-pyrrole nitrogens is 1. The molecule has 158 valence electrons. The van der Waals surface area contributed by atoms with Gasteiger partial charge < -0.3 is 15.0 Å². The fraction of sp³-hybridized carbons (Fsp3) is 0.381. The van der Waals surface area contributed by atoms with E-state index in [1.54, 1.807) is 30.1 Å². The van der Waals surface area contributed by atoms with Gasteiger partial charge in [-0.25, -0.2) is 15.0 Å². The predicted molar refractivity (Wildman–Crippen MR) is 118 cm³/mol. The summed E-state index contributed by atoms with van der Waals surface area (Å²) in [5.41, 5.74) is 2.15. The molecule has 0 radical (unpaired) electrons. The molecule has 10 heteroatoms. The highest BCUT2D eigenvalue weighted by atomic mass is 32.1. The zero-order valence-corrected chi connectivity index (χ0v) is 17.6. The van der Waals surface area contributed by atoms with Gasteiger partial charge in [-0.2, -0.15) is 5.10 Å². The first-order valence-electron chi connectivity index (χ1n) is 10.4. The lowest BCUT2D eigenvalue weighted by molar-refractivity contribution is -0.140. The van der Waals surface area contributed by atoms with E-state index in [0.29, 0.717) is 32.1 Å². The molecule has 1 fully saturated rings. The number of rotatable bonds is 3. The summed E-state index contributed by atoms with van der Waals surface area (Å²) in [5, 5.41) is 12.4. The molecule has 2 aliphatic rings. The number of pyridine rings is 1. The molecule has 0 spiro atoms. The quantitative estimate of drug-likeness (QED) is 0.509. The van der Waals surface area contributed by atoms with Crippen LogP contribution >= 0.6 is 11.3 Å². The van der Waals surface area contributed by atoms with Gasteiger partial charge in [-0.15, -0.1) is 11.3 Å². The number of carbonyl (C=O) groups excluding carboxylic acids is 1. The third-order valence-corrected chi connectivity index (χ3v) is 7.25. The van der Waals surface area contributed by atoms with Crippen LogP contribution in [0.15, 0.2) is 24.8 Å². The van der Waals surface area contributed by atoms with E-state index in [2.05, 4.69) is 30.5 Å². The molecule has 1 amide bonds. The number of ether oxygens (including phenoxy) is 1. The minimum Gasteiger partial charge on any atom is -0.378 e. The Kier molecular flexibility index (Phi) is 4.53. The minimum absolute atomic E-state index is 0.0354. The molecule has 0 aromatic carbocycles. The van der Waals surface area contributed by atoms with E-state index < -0.39 is 0 Å². The topological polar surface area (TPSA) is 109 Å². The van der Waals surface area contributed by atoms with Crippen molar-refractivity contribution in [2.24, 2.45) is 5.92 Å². The summed E-state index contributed by atoms with van der Waals surface area (Å²) in [6, 6.07) is 1.95. The molecule has 5 heterocycles. The maximum atomic E-state index is 13.0. The third kappa shape index (κ3) is 3.31. The summed E-state index contributed by atoms with van der Waals surface area (Å²) in [6.45, 7) is 2.66. The number of aromatic amines is 1. The van der Waals surface area contributed by atoms with Crippen LogP contribution < -0.4 is 5.32 Å². The van der Waals surface area contributed by atoms with Gasteiger partial charge in [-0.1, -0.05) is 0 Å². The molecule has 4 aromatic rings. The van der Waals surface area contributed by atoms with Crippen molar-refractivity contribution in [1.29, 1.82) is 0 Å². The van der Waals surface area contributed by atoms with Crippen LogP contribution in [-0.2, 0) is 22.4 Å². The first-order chi connectivity index (χ1) is 15.3. The number of aromatic nitrogens is 5. The van der Waals surface area contributed by atoms with Gasteiger partial charge in [0, 0.05) is 29.3 Å². The van der Waals surface area contributed by atoms with Gasteiger partial charge in [-0.05, 0) is 30.9 Å². The highest BCUT2D eigenvalue weighted by Gasteiger charge is 2.32. The molecule has 1 aliphatic carbocycles. The lowest BCUT2D eigenvalue weighted by Gasteiger charge is -2.31. The number of nitrogens with one attached hydrogen (secondary N) is 2. The Hall–Kier alpha value is -3.11. The highest BCUT2D eigenvalue weighted by molar-refractivity contribution is 7.19. The van der Waals surface area contributed by atoms with E-state index in [0.717, 1.165) is 46.2 Å². The van der Waals surface area contributed by atoms with Gasteiger partial charge in [0.25, 0.3) is 0 Å². The fourth-order valence-corrected chi connectivity index (χ4v) is 5.76. The SMILES string of the molecule is O=C(C1CCc2c(sc3ncnc(Nc4cc5cn[nH]c5cn4)c23)C1)N1CCOCC1. The molecular formula is C21H21N7O2S. The number of aryl methyl sites for hydroxylation is 1. The number of morpholine rings is 1. The monoisotopic (exact) mass is 435 g/mol. The second-order valence-corrected chi connectivity index (χ2v) is 9.02. The van der Waals surface area contributed by atoms with Crippen molar-refractivity contribution in [3.8, 4) is 0 Å². The summed E-state index contributed by atoms with van der Waals surface area (Å²) in [4.78, 5) is 30.6. The minimum atomic E-state index is 0.0354. The Morgan fingerprint density at radius 2 is 2.13 bits per heavy atom. The van der Waals surface area contributed by atoms with E-state index in [-0.39, 0.29) is 11.8 Å². The predicted octanol–water partition coefficient (Wildman–Crippen LogP) is 2.67. The maximum absolute atomic E-state index is 13.0. The van der Waals surface area contributed by atoms with E-state index >= 15 is 0 Å². The molecule has 1 saturated heterocycles. The summed E-state index contributed by atoms with van der Waals surface area (Å²) in [7, 11) is 0. The number of fused-ring (bicyclic) bond motifs is 4. The summed E-state index contributed by atoms with van der Waals surface area (Å²) in [6.07, 6.45) is 7.59. The van der Waals surface area contributed by atoms with Gasteiger partial charge in [0.1, 0.15) is 22.8 Å². The van der Waals surface area contributed by atoms with Gasteiger partial charge in [0.15, 0.2) is 0 Å². The normalized spacial score (nSPS) is 19.0. The molecule has 0 saturated carbocycles. The largest absolute Gasteiger partial charge is 0.378 e.